The standard InChI is InChI=1S/C6H13O2/c1-7-5-3-4-6-8-2/h5H,3-4,6H2,1-2H3. The fraction of sp³-hybridized carbons (Fsp3) is 0.833. The predicted octanol–water partition coefficient (Wildman–Crippen LogP) is 1.22. The molecule has 8 heavy (non-hydrogen) atoms. The summed E-state index contributed by atoms with van der Waals surface area (Å²) in [5.74, 6) is 0. The number of hydrogen-bond donors (Lipinski definition) is 0. The quantitative estimate of drug-likeness (QED) is 0.504. The average Bonchev–Trinajstić information content (AvgIpc) is 1.81. The molecular weight excluding hydrogens is 104 g/mol. The molecule has 0 aromatic heterocycles. The normalized spacial score (nSPS) is 9.75. The van der Waals surface area contributed by atoms with E-state index in [4.69, 9.17) is 9.47 Å². The second-order valence-corrected chi connectivity index (χ2v) is 1.54. The lowest BCUT2D eigenvalue weighted by molar-refractivity contribution is 0.184. The van der Waals surface area contributed by atoms with E-state index in [0.717, 1.165) is 19.4 Å². The molecule has 0 amide bonds. The fourth-order valence-electron chi connectivity index (χ4n) is 0.429. The summed E-state index contributed by atoms with van der Waals surface area (Å²) in [6.07, 6.45) is 2.02. The van der Waals surface area contributed by atoms with Gasteiger partial charge >= 0.3 is 0 Å². The second kappa shape index (κ2) is 6.92. The van der Waals surface area contributed by atoms with Gasteiger partial charge in [-0.1, -0.05) is 0 Å². The Labute approximate surface area is 50.8 Å². The summed E-state index contributed by atoms with van der Waals surface area (Å²) in [7, 11) is 3.36. The van der Waals surface area contributed by atoms with Crippen molar-refractivity contribution < 1.29 is 9.47 Å². The maximum Gasteiger partial charge on any atom is 0.0833 e. The van der Waals surface area contributed by atoms with Gasteiger partial charge in [0.15, 0.2) is 0 Å². The molecule has 0 fully saturated rings. The molecule has 0 saturated carbocycles. The maximum atomic E-state index is 4.81. The van der Waals surface area contributed by atoms with Gasteiger partial charge in [-0.2, -0.15) is 0 Å². The second-order valence-electron chi connectivity index (χ2n) is 1.54. The van der Waals surface area contributed by atoms with E-state index in [9.17, 15) is 0 Å². The average molecular weight is 117 g/mol. The van der Waals surface area contributed by atoms with E-state index in [1.807, 2.05) is 0 Å². The predicted molar refractivity (Wildman–Crippen MR) is 32.4 cm³/mol. The molecule has 0 aliphatic carbocycles. The summed E-state index contributed by atoms with van der Waals surface area (Å²) >= 11 is 0. The summed E-state index contributed by atoms with van der Waals surface area (Å²) < 4.78 is 9.52. The van der Waals surface area contributed by atoms with Gasteiger partial charge in [0.25, 0.3) is 0 Å². The van der Waals surface area contributed by atoms with Crippen LogP contribution in [0.4, 0.5) is 0 Å². The van der Waals surface area contributed by atoms with Crippen molar-refractivity contribution >= 4 is 0 Å². The monoisotopic (exact) mass is 117 g/mol. The third-order valence-electron chi connectivity index (χ3n) is 0.837. The third kappa shape index (κ3) is 5.92. The number of unbranched alkanes of at least 4 members (excludes halogenated alkanes) is 1. The first kappa shape index (κ1) is 7.92. The molecule has 2 heteroatoms. The molecule has 49 valence electrons. The first-order valence-corrected chi connectivity index (χ1v) is 2.75. The van der Waals surface area contributed by atoms with Crippen molar-refractivity contribution in [3.05, 3.63) is 6.61 Å². The molecule has 0 atom stereocenters. The molecule has 2 nitrogen and oxygen atoms in total. The lowest BCUT2D eigenvalue weighted by Crippen LogP contribution is -1.88. The van der Waals surface area contributed by atoms with Gasteiger partial charge in [-0.3, -0.25) is 0 Å². The Morgan fingerprint density at radius 3 is 2.62 bits per heavy atom. The van der Waals surface area contributed by atoms with E-state index in [2.05, 4.69) is 0 Å². The Morgan fingerprint density at radius 1 is 1.38 bits per heavy atom. The molecule has 0 spiro atoms. The minimum absolute atomic E-state index is 0.819. The van der Waals surface area contributed by atoms with Crippen molar-refractivity contribution in [2.75, 3.05) is 20.8 Å². The van der Waals surface area contributed by atoms with Crippen LogP contribution in [-0.4, -0.2) is 20.8 Å². The van der Waals surface area contributed by atoms with Crippen LogP contribution in [-0.2, 0) is 9.47 Å². The Balaban J connectivity index is 2.53. The Bertz CT molecular complexity index is 31.5. The van der Waals surface area contributed by atoms with E-state index in [-0.39, 0.29) is 0 Å². The van der Waals surface area contributed by atoms with Gasteiger partial charge in [0.1, 0.15) is 0 Å². The largest absolute Gasteiger partial charge is 0.385 e. The van der Waals surface area contributed by atoms with Crippen LogP contribution in [0, 0.1) is 6.61 Å². The summed E-state index contributed by atoms with van der Waals surface area (Å²) in [6.45, 7) is 2.60. The molecule has 0 aromatic rings. The maximum absolute atomic E-state index is 4.81. The van der Waals surface area contributed by atoms with Crippen LogP contribution < -0.4 is 0 Å². The van der Waals surface area contributed by atoms with Crippen LogP contribution in [0.25, 0.3) is 0 Å². The Kier molecular flexibility index (Phi) is 6.85. The summed E-state index contributed by atoms with van der Waals surface area (Å²) in [5.41, 5.74) is 0. The van der Waals surface area contributed by atoms with E-state index in [0.29, 0.717) is 0 Å². The van der Waals surface area contributed by atoms with Crippen molar-refractivity contribution in [2.24, 2.45) is 0 Å². The third-order valence-corrected chi connectivity index (χ3v) is 0.837. The number of methoxy groups -OCH3 is 2. The van der Waals surface area contributed by atoms with Crippen LogP contribution in [0.3, 0.4) is 0 Å². The molecule has 0 rings (SSSR count). The molecule has 0 heterocycles. The SMILES string of the molecule is CO[CH]CCCOC. The van der Waals surface area contributed by atoms with Gasteiger partial charge in [-0.05, 0) is 12.8 Å². The van der Waals surface area contributed by atoms with Crippen molar-refractivity contribution in [2.45, 2.75) is 12.8 Å². The Hall–Kier alpha value is -0.0800. The van der Waals surface area contributed by atoms with Crippen molar-refractivity contribution in [1.82, 2.24) is 0 Å². The highest BCUT2D eigenvalue weighted by Crippen LogP contribution is 1.92. The van der Waals surface area contributed by atoms with Gasteiger partial charge in [-0.15, -0.1) is 0 Å². The zero-order valence-corrected chi connectivity index (χ0v) is 5.52. The molecule has 0 aliphatic rings. The van der Waals surface area contributed by atoms with Gasteiger partial charge in [0.05, 0.1) is 6.61 Å². The molecule has 0 unspecified atom stereocenters. The highest BCUT2D eigenvalue weighted by Gasteiger charge is 1.84. The molecule has 0 bridgehead atoms. The van der Waals surface area contributed by atoms with Gasteiger partial charge in [0.2, 0.25) is 0 Å². The summed E-state index contributed by atoms with van der Waals surface area (Å²) in [5, 5.41) is 0. The van der Waals surface area contributed by atoms with Crippen LogP contribution >= 0.6 is 0 Å². The molecule has 0 N–H and O–H groups in total. The van der Waals surface area contributed by atoms with Crippen molar-refractivity contribution in [3.8, 4) is 0 Å². The molecule has 1 radical (unpaired) electrons. The smallest absolute Gasteiger partial charge is 0.0833 e. The van der Waals surface area contributed by atoms with E-state index < -0.39 is 0 Å². The van der Waals surface area contributed by atoms with Gasteiger partial charge in [0, 0.05) is 20.8 Å². The van der Waals surface area contributed by atoms with Crippen LogP contribution in [0.2, 0.25) is 0 Å². The lowest BCUT2D eigenvalue weighted by atomic mass is 10.3. The lowest BCUT2D eigenvalue weighted by Gasteiger charge is -1.95. The van der Waals surface area contributed by atoms with E-state index in [1.54, 1.807) is 20.8 Å². The highest BCUT2D eigenvalue weighted by molar-refractivity contribution is 4.47. The van der Waals surface area contributed by atoms with E-state index >= 15 is 0 Å². The first-order valence-electron chi connectivity index (χ1n) is 2.75. The summed E-state index contributed by atoms with van der Waals surface area (Å²) in [4.78, 5) is 0. The first-order chi connectivity index (χ1) is 3.91. The topological polar surface area (TPSA) is 18.5 Å². The zero-order chi connectivity index (χ0) is 6.24. The molecule has 0 aromatic carbocycles. The van der Waals surface area contributed by atoms with Gasteiger partial charge in [-0.25, -0.2) is 0 Å². The summed E-state index contributed by atoms with van der Waals surface area (Å²) in [6, 6.07) is 0. The number of ether oxygens (including phenoxy) is 2. The van der Waals surface area contributed by atoms with Crippen molar-refractivity contribution in [3.63, 3.8) is 0 Å². The van der Waals surface area contributed by atoms with Gasteiger partial charge < -0.3 is 9.47 Å². The van der Waals surface area contributed by atoms with Crippen LogP contribution in [0.5, 0.6) is 0 Å². The van der Waals surface area contributed by atoms with Crippen molar-refractivity contribution in [1.29, 1.82) is 0 Å². The van der Waals surface area contributed by atoms with Crippen LogP contribution in [0.15, 0.2) is 0 Å². The fourth-order valence-corrected chi connectivity index (χ4v) is 0.429. The molecule has 0 saturated heterocycles. The number of hydrogen-bond acceptors (Lipinski definition) is 2. The molecule has 0 aliphatic heterocycles. The minimum Gasteiger partial charge on any atom is -0.385 e. The highest BCUT2D eigenvalue weighted by atomic mass is 16.5. The molecular formula is C6H13O2. The minimum atomic E-state index is 0.819. The van der Waals surface area contributed by atoms with E-state index in [1.165, 1.54) is 0 Å². The zero-order valence-electron chi connectivity index (χ0n) is 5.52. The Morgan fingerprint density at radius 2 is 2.12 bits per heavy atom. The number of rotatable bonds is 5. The van der Waals surface area contributed by atoms with Crippen LogP contribution in [0.1, 0.15) is 12.8 Å².